The van der Waals surface area contributed by atoms with Crippen LogP contribution in [0.25, 0.3) is 21.3 Å². The first kappa shape index (κ1) is 15.8. The summed E-state index contributed by atoms with van der Waals surface area (Å²) in [5.74, 6) is -0.288. The minimum atomic E-state index is -4.72. The molecule has 2 aromatic carbocycles. The number of alkyl halides is 3. The predicted molar refractivity (Wildman–Crippen MR) is 84.2 cm³/mol. The Bertz CT molecular complexity index is 913. The number of hydrogen-bond acceptors (Lipinski definition) is 4. The van der Waals surface area contributed by atoms with Gasteiger partial charge >= 0.3 is 6.36 Å². The molecule has 0 amide bonds. The Morgan fingerprint density at radius 2 is 1.91 bits per heavy atom. The molecule has 0 atom stereocenters. The molecule has 0 bridgehead atoms. The first-order chi connectivity index (χ1) is 10.9. The second-order valence-electron chi connectivity index (χ2n) is 4.50. The van der Waals surface area contributed by atoms with Crippen LogP contribution in [-0.4, -0.2) is 11.3 Å². The van der Waals surface area contributed by atoms with Crippen molar-refractivity contribution in [2.75, 3.05) is 0 Å². The van der Waals surface area contributed by atoms with E-state index in [-0.39, 0.29) is 5.75 Å². The lowest BCUT2D eigenvalue weighted by Gasteiger charge is -2.10. The maximum absolute atomic E-state index is 12.2. The molecule has 0 aliphatic heterocycles. The molecule has 3 rings (SSSR count). The number of rotatable bonds is 2. The molecule has 0 spiro atoms. The van der Waals surface area contributed by atoms with Gasteiger partial charge in [-0.3, -0.25) is 0 Å². The highest BCUT2D eigenvalue weighted by Crippen LogP contribution is 2.37. The summed E-state index contributed by atoms with van der Waals surface area (Å²) in [4.78, 5) is 4.26. The zero-order chi connectivity index (χ0) is 16.6. The van der Waals surface area contributed by atoms with E-state index in [0.717, 1.165) is 10.3 Å². The minimum Gasteiger partial charge on any atom is -0.406 e. The van der Waals surface area contributed by atoms with E-state index >= 15 is 0 Å². The van der Waals surface area contributed by atoms with Crippen LogP contribution in [0, 0.1) is 11.3 Å². The van der Waals surface area contributed by atoms with E-state index in [2.05, 4.69) is 31.7 Å². The highest BCUT2D eigenvalue weighted by Gasteiger charge is 2.31. The summed E-state index contributed by atoms with van der Waals surface area (Å²) in [7, 11) is 0. The van der Waals surface area contributed by atoms with Gasteiger partial charge in [-0.15, -0.1) is 24.5 Å². The number of aromatic nitrogens is 1. The second kappa shape index (κ2) is 5.83. The van der Waals surface area contributed by atoms with Crippen molar-refractivity contribution in [1.82, 2.24) is 4.98 Å². The van der Waals surface area contributed by atoms with Crippen LogP contribution in [0.4, 0.5) is 13.2 Å². The van der Waals surface area contributed by atoms with E-state index in [1.165, 1.54) is 35.6 Å². The van der Waals surface area contributed by atoms with Crippen molar-refractivity contribution < 1.29 is 17.9 Å². The molecule has 3 nitrogen and oxygen atoms in total. The molecule has 0 N–H and O–H groups in total. The number of thiazole rings is 1. The fourth-order valence-electron chi connectivity index (χ4n) is 2.15. The quantitative estimate of drug-likeness (QED) is 0.572. The zero-order valence-corrected chi connectivity index (χ0v) is 13.6. The van der Waals surface area contributed by atoms with Gasteiger partial charge in [0, 0.05) is 10.0 Å². The highest BCUT2D eigenvalue weighted by molar-refractivity contribution is 9.10. The Balaban J connectivity index is 2.08. The smallest absolute Gasteiger partial charge is 0.406 e. The molecule has 0 radical (unpaired) electrons. The lowest BCUT2D eigenvalue weighted by atomic mass is 10.0. The predicted octanol–water partition coefficient (Wildman–Crippen LogP) is 5.50. The molecule has 0 fully saturated rings. The van der Waals surface area contributed by atoms with Crippen LogP contribution in [0.1, 0.15) is 5.56 Å². The van der Waals surface area contributed by atoms with Gasteiger partial charge in [0.1, 0.15) is 11.8 Å². The zero-order valence-electron chi connectivity index (χ0n) is 11.2. The van der Waals surface area contributed by atoms with Crippen LogP contribution in [0.5, 0.6) is 5.75 Å². The van der Waals surface area contributed by atoms with Gasteiger partial charge in [0.2, 0.25) is 0 Å². The molecule has 0 saturated carbocycles. The Morgan fingerprint density at radius 3 is 2.52 bits per heavy atom. The Hall–Kier alpha value is -2.11. The number of benzene rings is 2. The van der Waals surface area contributed by atoms with E-state index in [4.69, 9.17) is 0 Å². The molecule has 0 saturated heterocycles. The summed E-state index contributed by atoms with van der Waals surface area (Å²) in [6.45, 7) is 0. The van der Waals surface area contributed by atoms with Crippen molar-refractivity contribution >= 4 is 37.5 Å². The molecule has 0 aliphatic carbocycles. The Morgan fingerprint density at radius 1 is 1.22 bits per heavy atom. The summed E-state index contributed by atoms with van der Waals surface area (Å²) >= 11 is 4.68. The number of hydrogen-bond donors (Lipinski definition) is 0. The normalized spacial score (nSPS) is 11.4. The van der Waals surface area contributed by atoms with Crippen LogP contribution < -0.4 is 4.74 Å². The maximum atomic E-state index is 12.2. The summed E-state index contributed by atoms with van der Waals surface area (Å²) in [5.41, 5.74) is 4.16. The average Bonchev–Trinajstić information content (AvgIpc) is 2.95. The van der Waals surface area contributed by atoms with Gasteiger partial charge in [-0.05, 0) is 39.7 Å². The van der Waals surface area contributed by atoms with Gasteiger partial charge in [-0.2, -0.15) is 5.26 Å². The Kier molecular flexibility index (Phi) is 4.00. The molecule has 0 aliphatic rings. The van der Waals surface area contributed by atoms with Crippen LogP contribution in [0.15, 0.2) is 40.3 Å². The molecular formula is C15H6BrF3N2OS. The monoisotopic (exact) mass is 398 g/mol. The third-order valence-electron chi connectivity index (χ3n) is 3.07. The van der Waals surface area contributed by atoms with E-state index < -0.39 is 6.36 Å². The summed E-state index contributed by atoms with van der Waals surface area (Å²) < 4.78 is 41.8. The first-order valence-electron chi connectivity index (χ1n) is 6.21. The number of halogens is 4. The topological polar surface area (TPSA) is 45.9 Å². The molecule has 8 heteroatoms. The third-order valence-corrected chi connectivity index (χ3v) is 4.54. The SMILES string of the molecule is N#Cc1c(Br)cc(-c2ccc(OC(F)(F)F)cc2)c2ncsc12. The van der Waals surface area contributed by atoms with E-state index in [0.29, 0.717) is 21.1 Å². The van der Waals surface area contributed by atoms with Gasteiger partial charge in [-0.25, -0.2) is 4.98 Å². The second-order valence-corrected chi connectivity index (χ2v) is 6.20. The van der Waals surface area contributed by atoms with E-state index in [1.54, 1.807) is 11.6 Å². The fraction of sp³-hybridized carbons (Fsp3) is 0.0667. The minimum absolute atomic E-state index is 0.288. The van der Waals surface area contributed by atoms with Gasteiger partial charge in [0.15, 0.2) is 0 Å². The lowest BCUT2D eigenvalue weighted by molar-refractivity contribution is -0.274. The molecule has 1 heterocycles. The largest absolute Gasteiger partial charge is 0.573 e. The molecule has 1 aromatic heterocycles. The van der Waals surface area contributed by atoms with E-state index in [9.17, 15) is 18.4 Å². The number of ether oxygens (including phenoxy) is 1. The van der Waals surface area contributed by atoms with Crippen LogP contribution in [0.2, 0.25) is 0 Å². The third kappa shape index (κ3) is 3.16. The van der Waals surface area contributed by atoms with Gasteiger partial charge < -0.3 is 4.74 Å². The van der Waals surface area contributed by atoms with Crippen molar-refractivity contribution in [3.63, 3.8) is 0 Å². The average molecular weight is 399 g/mol. The maximum Gasteiger partial charge on any atom is 0.573 e. The van der Waals surface area contributed by atoms with Crippen molar-refractivity contribution in [1.29, 1.82) is 5.26 Å². The number of nitriles is 1. The lowest BCUT2D eigenvalue weighted by Crippen LogP contribution is -2.16. The highest BCUT2D eigenvalue weighted by atomic mass is 79.9. The summed E-state index contributed by atoms with van der Waals surface area (Å²) in [6.07, 6.45) is -4.72. The molecule has 3 aromatic rings. The van der Waals surface area contributed by atoms with Crippen molar-refractivity contribution in [2.24, 2.45) is 0 Å². The summed E-state index contributed by atoms with van der Waals surface area (Å²) in [6, 6.07) is 9.38. The molecular weight excluding hydrogens is 393 g/mol. The van der Waals surface area contributed by atoms with E-state index in [1.807, 2.05) is 0 Å². The standard InChI is InChI=1S/C15H6BrF3N2OS/c16-12-5-10(13-14(11(12)6-20)23-7-21-13)8-1-3-9(4-2-8)22-15(17,18)19/h1-5,7H. The van der Waals surface area contributed by atoms with Gasteiger partial charge in [0.05, 0.1) is 21.3 Å². The Labute approximate surface area is 141 Å². The van der Waals surface area contributed by atoms with Gasteiger partial charge in [-0.1, -0.05) is 12.1 Å². The first-order valence-corrected chi connectivity index (χ1v) is 7.88. The van der Waals surface area contributed by atoms with Crippen LogP contribution in [-0.2, 0) is 0 Å². The van der Waals surface area contributed by atoms with Crippen molar-refractivity contribution in [3.05, 3.63) is 45.9 Å². The van der Waals surface area contributed by atoms with Crippen molar-refractivity contribution in [3.8, 4) is 22.9 Å². The van der Waals surface area contributed by atoms with Crippen molar-refractivity contribution in [2.45, 2.75) is 6.36 Å². The molecule has 23 heavy (non-hydrogen) atoms. The fourth-order valence-corrected chi connectivity index (χ4v) is 3.61. The summed E-state index contributed by atoms with van der Waals surface area (Å²) in [5, 5.41) is 9.22. The molecule has 116 valence electrons. The van der Waals surface area contributed by atoms with Gasteiger partial charge in [0.25, 0.3) is 0 Å². The van der Waals surface area contributed by atoms with Crippen LogP contribution >= 0.6 is 27.3 Å². The van der Waals surface area contributed by atoms with Crippen LogP contribution in [0.3, 0.4) is 0 Å². The number of nitrogens with zero attached hydrogens (tertiary/aromatic N) is 2. The number of fused-ring (bicyclic) bond motifs is 1. The molecule has 0 unspecified atom stereocenters.